The molecule has 0 atom stereocenters. The second kappa shape index (κ2) is 7.58. The molecule has 0 unspecified atom stereocenters. The molecule has 0 aliphatic heterocycles. The number of non-ortho nitro benzene ring substituents is 1. The molecule has 0 amide bonds. The highest BCUT2D eigenvalue weighted by molar-refractivity contribution is 7.99. The van der Waals surface area contributed by atoms with Gasteiger partial charge in [-0.05, 0) is 24.3 Å². The maximum atomic E-state index is 11.8. The molecule has 0 fully saturated rings. The molecule has 8 nitrogen and oxygen atoms in total. The van der Waals surface area contributed by atoms with E-state index in [2.05, 4.69) is 10.2 Å². The first-order chi connectivity index (χ1) is 12.1. The smallest absolute Gasteiger partial charge is 0.321 e. The number of thioether (sulfide) groups is 1. The van der Waals surface area contributed by atoms with Gasteiger partial charge in [0.15, 0.2) is 0 Å². The van der Waals surface area contributed by atoms with Crippen LogP contribution in [0.5, 0.6) is 5.75 Å². The van der Waals surface area contributed by atoms with Crippen LogP contribution in [0.15, 0.2) is 64.2 Å². The number of nitro benzene ring substituents is 1. The summed E-state index contributed by atoms with van der Waals surface area (Å²) in [5.74, 6) is 0.252. The highest BCUT2D eigenvalue weighted by Gasteiger charge is 2.13. The number of hydrogen-bond acceptors (Lipinski definition) is 8. The lowest BCUT2D eigenvalue weighted by Crippen LogP contribution is -2.10. The standard InChI is InChI=1S/C16H11N3O5S/c20-14(23-13-4-2-1-3-5-13)10-25-16-18-17-15(24-16)11-6-8-12(9-7-11)19(21)22/h1-9H,10H2. The van der Waals surface area contributed by atoms with Crippen molar-refractivity contribution >= 4 is 23.4 Å². The summed E-state index contributed by atoms with van der Waals surface area (Å²) in [6, 6.07) is 14.5. The highest BCUT2D eigenvalue weighted by Crippen LogP contribution is 2.25. The molecule has 0 spiro atoms. The van der Waals surface area contributed by atoms with Gasteiger partial charge in [0, 0.05) is 17.7 Å². The Kier molecular flexibility index (Phi) is 5.05. The fraction of sp³-hybridized carbons (Fsp3) is 0.0625. The number of esters is 1. The van der Waals surface area contributed by atoms with Gasteiger partial charge >= 0.3 is 5.97 Å². The molecule has 126 valence electrons. The molecule has 0 radical (unpaired) electrons. The van der Waals surface area contributed by atoms with Gasteiger partial charge < -0.3 is 9.15 Å². The van der Waals surface area contributed by atoms with Gasteiger partial charge in [-0.2, -0.15) is 0 Å². The lowest BCUT2D eigenvalue weighted by Gasteiger charge is -2.01. The molecule has 9 heteroatoms. The summed E-state index contributed by atoms with van der Waals surface area (Å²) in [7, 11) is 0. The number of ether oxygens (including phenoxy) is 1. The Morgan fingerprint density at radius 1 is 1.12 bits per heavy atom. The Balaban J connectivity index is 1.58. The predicted molar refractivity (Wildman–Crippen MR) is 89.2 cm³/mol. The zero-order valence-corrected chi connectivity index (χ0v) is 13.5. The Bertz CT molecular complexity index is 880. The van der Waals surface area contributed by atoms with Crippen molar-refractivity contribution in [3.63, 3.8) is 0 Å². The fourth-order valence-electron chi connectivity index (χ4n) is 1.88. The molecule has 0 N–H and O–H groups in total. The van der Waals surface area contributed by atoms with E-state index in [1.165, 1.54) is 24.3 Å². The van der Waals surface area contributed by atoms with Crippen molar-refractivity contribution in [2.45, 2.75) is 5.22 Å². The Morgan fingerprint density at radius 3 is 2.52 bits per heavy atom. The molecule has 1 heterocycles. The summed E-state index contributed by atoms with van der Waals surface area (Å²) in [6.45, 7) is 0. The van der Waals surface area contributed by atoms with Gasteiger partial charge in [-0.3, -0.25) is 14.9 Å². The molecule has 0 aliphatic rings. The van der Waals surface area contributed by atoms with E-state index in [1.807, 2.05) is 6.07 Å². The second-order valence-corrected chi connectivity index (χ2v) is 5.68. The monoisotopic (exact) mass is 357 g/mol. The van der Waals surface area contributed by atoms with E-state index in [0.29, 0.717) is 11.3 Å². The van der Waals surface area contributed by atoms with Crippen molar-refractivity contribution in [3.05, 3.63) is 64.7 Å². The summed E-state index contributed by atoms with van der Waals surface area (Å²) in [5.41, 5.74) is 0.526. The van der Waals surface area contributed by atoms with Crippen LogP contribution >= 0.6 is 11.8 Å². The number of benzene rings is 2. The van der Waals surface area contributed by atoms with Crippen LogP contribution in [-0.4, -0.2) is 26.8 Å². The van der Waals surface area contributed by atoms with Crippen LogP contribution in [-0.2, 0) is 4.79 Å². The van der Waals surface area contributed by atoms with E-state index >= 15 is 0 Å². The Morgan fingerprint density at radius 2 is 1.84 bits per heavy atom. The van der Waals surface area contributed by atoms with Crippen LogP contribution in [0, 0.1) is 10.1 Å². The lowest BCUT2D eigenvalue weighted by atomic mass is 10.2. The first kappa shape index (κ1) is 16.7. The maximum Gasteiger partial charge on any atom is 0.321 e. The Labute approximate surface area is 146 Å². The first-order valence-corrected chi connectivity index (χ1v) is 8.07. The molecule has 1 aromatic heterocycles. The third-order valence-electron chi connectivity index (χ3n) is 3.02. The van der Waals surface area contributed by atoms with Gasteiger partial charge in [0.25, 0.3) is 10.9 Å². The third-order valence-corrected chi connectivity index (χ3v) is 3.81. The molecule has 0 saturated carbocycles. The molecule has 0 saturated heterocycles. The van der Waals surface area contributed by atoms with E-state index < -0.39 is 10.9 Å². The van der Waals surface area contributed by atoms with Crippen molar-refractivity contribution in [3.8, 4) is 17.2 Å². The second-order valence-electron chi connectivity index (χ2n) is 4.75. The maximum absolute atomic E-state index is 11.8. The average molecular weight is 357 g/mol. The molecule has 0 bridgehead atoms. The van der Waals surface area contributed by atoms with Crippen LogP contribution in [0.3, 0.4) is 0 Å². The van der Waals surface area contributed by atoms with Crippen molar-refractivity contribution in [1.82, 2.24) is 10.2 Å². The van der Waals surface area contributed by atoms with E-state index in [0.717, 1.165) is 11.8 Å². The van der Waals surface area contributed by atoms with Gasteiger partial charge in [-0.1, -0.05) is 30.0 Å². The molecule has 0 aliphatic carbocycles. The van der Waals surface area contributed by atoms with Gasteiger partial charge in [0.1, 0.15) is 11.5 Å². The van der Waals surface area contributed by atoms with Crippen LogP contribution in [0.25, 0.3) is 11.5 Å². The minimum Gasteiger partial charge on any atom is -0.426 e. The van der Waals surface area contributed by atoms with Crippen molar-refractivity contribution in [1.29, 1.82) is 0 Å². The van der Waals surface area contributed by atoms with Gasteiger partial charge in [-0.25, -0.2) is 0 Å². The largest absolute Gasteiger partial charge is 0.426 e. The highest BCUT2D eigenvalue weighted by atomic mass is 32.2. The minimum absolute atomic E-state index is 0.0107. The third kappa shape index (κ3) is 4.42. The number of rotatable bonds is 6. The van der Waals surface area contributed by atoms with Gasteiger partial charge in [-0.15, -0.1) is 10.2 Å². The average Bonchev–Trinajstić information content (AvgIpc) is 3.10. The Hall–Kier alpha value is -3.20. The summed E-state index contributed by atoms with van der Waals surface area (Å²) >= 11 is 1.05. The van der Waals surface area contributed by atoms with Crippen molar-refractivity contribution in [2.24, 2.45) is 0 Å². The normalized spacial score (nSPS) is 10.4. The zero-order valence-electron chi connectivity index (χ0n) is 12.7. The van der Waals surface area contributed by atoms with E-state index in [4.69, 9.17) is 9.15 Å². The first-order valence-electron chi connectivity index (χ1n) is 7.08. The van der Waals surface area contributed by atoms with Crippen molar-refractivity contribution < 1.29 is 18.9 Å². The van der Waals surface area contributed by atoms with E-state index in [-0.39, 0.29) is 22.6 Å². The zero-order chi connectivity index (χ0) is 17.6. The van der Waals surface area contributed by atoms with Crippen LogP contribution < -0.4 is 4.74 Å². The number of aromatic nitrogens is 2. The number of hydrogen-bond donors (Lipinski definition) is 0. The van der Waals surface area contributed by atoms with Crippen LogP contribution in [0.4, 0.5) is 5.69 Å². The summed E-state index contributed by atoms with van der Waals surface area (Å²) in [5, 5.41) is 18.5. The fourth-order valence-corrected chi connectivity index (χ4v) is 2.42. The summed E-state index contributed by atoms with van der Waals surface area (Å²) in [4.78, 5) is 21.9. The van der Waals surface area contributed by atoms with E-state index in [9.17, 15) is 14.9 Å². The number of carbonyl (C=O) groups is 1. The summed E-state index contributed by atoms with van der Waals surface area (Å²) < 4.78 is 10.6. The van der Waals surface area contributed by atoms with Crippen LogP contribution in [0.2, 0.25) is 0 Å². The van der Waals surface area contributed by atoms with Crippen LogP contribution in [0.1, 0.15) is 0 Å². The van der Waals surface area contributed by atoms with Gasteiger partial charge in [0.2, 0.25) is 5.89 Å². The molecule has 3 aromatic rings. The van der Waals surface area contributed by atoms with Crippen molar-refractivity contribution in [2.75, 3.05) is 5.75 Å². The molecular weight excluding hydrogens is 346 g/mol. The lowest BCUT2D eigenvalue weighted by molar-refractivity contribution is -0.384. The predicted octanol–water partition coefficient (Wildman–Crippen LogP) is 3.34. The number of para-hydroxylation sites is 1. The number of nitrogens with zero attached hydrogens (tertiary/aromatic N) is 3. The molecule has 25 heavy (non-hydrogen) atoms. The minimum atomic E-state index is -0.489. The number of carbonyl (C=O) groups excluding carboxylic acids is 1. The molecule has 3 rings (SSSR count). The number of nitro groups is 1. The summed E-state index contributed by atoms with van der Waals surface area (Å²) in [6.07, 6.45) is 0. The SMILES string of the molecule is O=C(CSc1nnc(-c2ccc([N+](=O)[O-])cc2)o1)Oc1ccccc1. The van der Waals surface area contributed by atoms with E-state index in [1.54, 1.807) is 24.3 Å². The quantitative estimate of drug-likeness (QED) is 0.217. The molecular formula is C16H11N3O5S. The topological polar surface area (TPSA) is 108 Å². The van der Waals surface area contributed by atoms with Gasteiger partial charge in [0.05, 0.1) is 4.92 Å². The molecule has 2 aromatic carbocycles.